The maximum atomic E-state index is 10.3. The third-order valence-corrected chi connectivity index (χ3v) is 3.10. The molecule has 0 amide bonds. The number of phenols is 2. The Kier molecular flexibility index (Phi) is 2.65. The van der Waals surface area contributed by atoms with E-state index in [2.05, 4.69) is 0 Å². The van der Waals surface area contributed by atoms with Gasteiger partial charge in [-0.15, -0.1) is 0 Å². The zero-order valence-electron chi connectivity index (χ0n) is 9.95. The lowest BCUT2D eigenvalue weighted by atomic mass is 9.94. The third-order valence-electron chi connectivity index (χ3n) is 3.10. The van der Waals surface area contributed by atoms with Gasteiger partial charge in [-0.25, -0.2) is 0 Å². The van der Waals surface area contributed by atoms with E-state index in [-0.39, 0.29) is 11.5 Å². The van der Waals surface area contributed by atoms with E-state index in [1.807, 2.05) is 0 Å². The molecular formula is C15H12O4. The minimum Gasteiger partial charge on any atom is -0.508 e. The molecule has 0 unspecified atom stereocenters. The van der Waals surface area contributed by atoms with Gasteiger partial charge in [0.15, 0.2) is 0 Å². The van der Waals surface area contributed by atoms with Gasteiger partial charge in [-0.3, -0.25) is 0 Å². The lowest BCUT2D eigenvalue weighted by molar-refractivity contribution is 0.224. The summed E-state index contributed by atoms with van der Waals surface area (Å²) >= 11 is 0. The summed E-state index contributed by atoms with van der Waals surface area (Å²) in [4.78, 5) is 0. The fourth-order valence-corrected chi connectivity index (χ4v) is 2.09. The van der Waals surface area contributed by atoms with Gasteiger partial charge >= 0.3 is 0 Å². The van der Waals surface area contributed by atoms with E-state index in [0.717, 1.165) is 5.56 Å². The molecule has 0 aliphatic carbocycles. The van der Waals surface area contributed by atoms with Crippen molar-refractivity contribution < 1.29 is 20.1 Å². The molecule has 0 saturated heterocycles. The number of benzene rings is 2. The summed E-state index contributed by atoms with van der Waals surface area (Å²) in [6.07, 6.45) is 0.632. The molecule has 2 aromatic rings. The standard InChI is InChI=1S/C15H12O4/c16-10-3-1-9(2-4-10)13-8-19-14-7-11(17)5-6-12(14)15(13)18/h1-8,15-18H/t15-/m0/s1. The highest BCUT2D eigenvalue weighted by molar-refractivity contribution is 5.73. The van der Waals surface area contributed by atoms with Crippen LogP contribution >= 0.6 is 0 Å². The maximum absolute atomic E-state index is 10.3. The molecule has 0 fully saturated rings. The number of hydrogen-bond acceptors (Lipinski definition) is 4. The van der Waals surface area contributed by atoms with Crippen LogP contribution < -0.4 is 4.74 Å². The highest BCUT2D eigenvalue weighted by atomic mass is 16.5. The third kappa shape index (κ3) is 2.02. The Labute approximate surface area is 109 Å². The molecule has 1 aliphatic rings. The second-order valence-electron chi connectivity index (χ2n) is 4.36. The zero-order valence-corrected chi connectivity index (χ0v) is 9.95. The first-order valence-electron chi connectivity index (χ1n) is 5.82. The Morgan fingerprint density at radius 2 is 1.58 bits per heavy atom. The highest BCUT2D eigenvalue weighted by Gasteiger charge is 2.24. The van der Waals surface area contributed by atoms with Gasteiger partial charge in [0.1, 0.15) is 23.4 Å². The second-order valence-corrected chi connectivity index (χ2v) is 4.36. The molecule has 1 heterocycles. The molecule has 3 rings (SSSR count). The van der Waals surface area contributed by atoms with Gasteiger partial charge in [-0.05, 0) is 29.8 Å². The molecule has 0 saturated carbocycles. The summed E-state index contributed by atoms with van der Waals surface area (Å²) < 4.78 is 5.43. The lowest BCUT2D eigenvalue weighted by Gasteiger charge is -2.23. The van der Waals surface area contributed by atoms with Gasteiger partial charge in [0.2, 0.25) is 0 Å². The summed E-state index contributed by atoms with van der Waals surface area (Å²) in [5.74, 6) is 0.698. The first-order valence-corrected chi connectivity index (χ1v) is 5.82. The first kappa shape index (κ1) is 11.6. The van der Waals surface area contributed by atoms with Crippen LogP contribution in [0.25, 0.3) is 5.57 Å². The summed E-state index contributed by atoms with van der Waals surface area (Å²) in [5, 5.41) is 29.0. The lowest BCUT2D eigenvalue weighted by Crippen LogP contribution is -2.09. The predicted octanol–water partition coefficient (Wildman–Crippen LogP) is 2.56. The van der Waals surface area contributed by atoms with E-state index in [1.165, 1.54) is 18.4 Å². The number of aliphatic hydroxyl groups excluding tert-OH is 1. The van der Waals surface area contributed by atoms with Gasteiger partial charge in [0.25, 0.3) is 0 Å². The molecule has 1 aliphatic heterocycles. The van der Waals surface area contributed by atoms with Crippen LogP contribution in [0.3, 0.4) is 0 Å². The van der Waals surface area contributed by atoms with E-state index < -0.39 is 6.10 Å². The average Bonchev–Trinajstić information content (AvgIpc) is 2.40. The largest absolute Gasteiger partial charge is 0.508 e. The van der Waals surface area contributed by atoms with Crippen molar-refractivity contribution in [2.75, 3.05) is 0 Å². The zero-order chi connectivity index (χ0) is 13.4. The molecule has 4 nitrogen and oxygen atoms in total. The van der Waals surface area contributed by atoms with Crippen LogP contribution in [-0.4, -0.2) is 15.3 Å². The normalized spacial score (nSPS) is 17.3. The summed E-state index contributed by atoms with van der Waals surface area (Å²) in [6, 6.07) is 11.1. The Morgan fingerprint density at radius 3 is 2.32 bits per heavy atom. The summed E-state index contributed by atoms with van der Waals surface area (Å²) in [6.45, 7) is 0. The van der Waals surface area contributed by atoms with E-state index in [4.69, 9.17) is 4.74 Å². The van der Waals surface area contributed by atoms with Crippen LogP contribution in [-0.2, 0) is 0 Å². The number of hydrogen-bond donors (Lipinski definition) is 3. The van der Waals surface area contributed by atoms with E-state index in [1.54, 1.807) is 30.3 Å². The van der Waals surface area contributed by atoms with Crippen molar-refractivity contribution in [2.24, 2.45) is 0 Å². The molecule has 2 aromatic carbocycles. The number of aromatic hydroxyl groups is 2. The van der Waals surface area contributed by atoms with Crippen LogP contribution in [0.1, 0.15) is 17.2 Å². The Morgan fingerprint density at radius 1 is 0.895 bits per heavy atom. The quantitative estimate of drug-likeness (QED) is 0.733. The minimum atomic E-state index is -0.825. The highest BCUT2D eigenvalue weighted by Crippen LogP contribution is 2.40. The molecule has 1 atom stereocenters. The Bertz CT molecular complexity index is 644. The molecule has 3 N–H and O–H groups in total. The maximum Gasteiger partial charge on any atom is 0.136 e. The molecule has 0 bridgehead atoms. The van der Waals surface area contributed by atoms with E-state index in [0.29, 0.717) is 16.9 Å². The molecule has 4 heteroatoms. The van der Waals surface area contributed by atoms with Gasteiger partial charge in [0, 0.05) is 17.2 Å². The van der Waals surface area contributed by atoms with Crippen LogP contribution in [0.5, 0.6) is 17.2 Å². The van der Waals surface area contributed by atoms with Crippen LogP contribution in [0, 0.1) is 0 Å². The van der Waals surface area contributed by atoms with E-state index in [9.17, 15) is 15.3 Å². The SMILES string of the molecule is Oc1ccc(C2=COc3cc(O)ccc3[C@@H]2O)cc1. The summed E-state index contributed by atoms with van der Waals surface area (Å²) in [7, 11) is 0. The Balaban J connectivity index is 2.00. The molecule has 0 aromatic heterocycles. The van der Waals surface area contributed by atoms with Crippen molar-refractivity contribution in [1.29, 1.82) is 0 Å². The molecule has 0 radical (unpaired) electrons. The Hall–Kier alpha value is -2.46. The molecular weight excluding hydrogens is 244 g/mol. The average molecular weight is 256 g/mol. The second kappa shape index (κ2) is 4.33. The van der Waals surface area contributed by atoms with Gasteiger partial charge in [-0.1, -0.05) is 12.1 Å². The summed E-state index contributed by atoms with van der Waals surface area (Å²) in [5.41, 5.74) is 1.98. The number of rotatable bonds is 1. The van der Waals surface area contributed by atoms with Crippen molar-refractivity contribution in [3.8, 4) is 17.2 Å². The van der Waals surface area contributed by atoms with Crippen LogP contribution in [0.4, 0.5) is 0 Å². The number of ether oxygens (including phenoxy) is 1. The van der Waals surface area contributed by atoms with E-state index >= 15 is 0 Å². The van der Waals surface area contributed by atoms with Gasteiger partial charge in [0.05, 0.1) is 6.26 Å². The minimum absolute atomic E-state index is 0.0902. The van der Waals surface area contributed by atoms with Crippen molar-refractivity contribution >= 4 is 5.57 Å². The first-order chi connectivity index (χ1) is 9.15. The van der Waals surface area contributed by atoms with Crippen LogP contribution in [0.15, 0.2) is 48.7 Å². The predicted molar refractivity (Wildman–Crippen MR) is 69.8 cm³/mol. The molecule has 0 spiro atoms. The van der Waals surface area contributed by atoms with Crippen molar-refractivity contribution in [2.45, 2.75) is 6.10 Å². The molecule has 19 heavy (non-hydrogen) atoms. The monoisotopic (exact) mass is 256 g/mol. The topological polar surface area (TPSA) is 69.9 Å². The van der Waals surface area contributed by atoms with Crippen LogP contribution in [0.2, 0.25) is 0 Å². The molecule has 96 valence electrons. The fraction of sp³-hybridized carbons (Fsp3) is 0.0667. The van der Waals surface area contributed by atoms with Crippen molar-refractivity contribution in [1.82, 2.24) is 0 Å². The smallest absolute Gasteiger partial charge is 0.136 e. The number of aliphatic hydroxyl groups is 1. The van der Waals surface area contributed by atoms with Crippen molar-refractivity contribution in [3.05, 3.63) is 59.9 Å². The number of phenolic OH excluding ortho intramolecular Hbond substituents is 2. The number of fused-ring (bicyclic) bond motifs is 1. The fourth-order valence-electron chi connectivity index (χ4n) is 2.09. The van der Waals surface area contributed by atoms with Gasteiger partial charge < -0.3 is 20.1 Å². The van der Waals surface area contributed by atoms with Gasteiger partial charge in [-0.2, -0.15) is 0 Å². The van der Waals surface area contributed by atoms with Crippen molar-refractivity contribution in [3.63, 3.8) is 0 Å².